The molecule has 74 valence electrons. The number of hydrogen-bond donors (Lipinski definition) is 2. The van der Waals surface area contributed by atoms with Crippen LogP contribution in [0.25, 0.3) is 0 Å². The summed E-state index contributed by atoms with van der Waals surface area (Å²) in [6, 6.07) is 0.375. The Labute approximate surface area is 75.1 Å². The predicted octanol–water partition coefficient (Wildman–Crippen LogP) is 0.629. The molecule has 0 bridgehead atoms. The van der Waals surface area contributed by atoms with Crippen molar-refractivity contribution < 1.29 is 9.84 Å². The van der Waals surface area contributed by atoms with Gasteiger partial charge >= 0.3 is 0 Å². The van der Waals surface area contributed by atoms with Crippen LogP contribution in [0.5, 0.6) is 0 Å². The van der Waals surface area contributed by atoms with Crippen LogP contribution in [0, 0.1) is 5.92 Å². The lowest BCUT2D eigenvalue weighted by Crippen LogP contribution is -2.37. The number of ether oxygens (including phenoxy) is 1. The van der Waals surface area contributed by atoms with Crippen LogP contribution in [-0.2, 0) is 4.74 Å². The lowest BCUT2D eigenvalue weighted by Gasteiger charge is -2.23. The molecule has 0 fully saturated rings. The molecule has 12 heavy (non-hydrogen) atoms. The molecule has 0 rings (SSSR count). The molecule has 2 unspecified atom stereocenters. The molecule has 0 aliphatic heterocycles. The van der Waals surface area contributed by atoms with E-state index in [2.05, 4.69) is 19.2 Å². The van der Waals surface area contributed by atoms with Crippen molar-refractivity contribution in [3.63, 3.8) is 0 Å². The van der Waals surface area contributed by atoms with E-state index in [0.29, 0.717) is 12.0 Å². The van der Waals surface area contributed by atoms with Crippen LogP contribution < -0.4 is 5.32 Å². The summed E-state index contributed by atoms with van der Waals surface area (Å²) in [5.41, 5.74) is 0. The van der Waals surface area contributed by atoms with Gasteiger partial charge in [0.1, 0.15) is 0 Å². The van der Waals surface area contributed by atoms with Crippen molar-refractivity contribution in [3.8, 4) is 0 Å². The highest BCUT2D eigenvalue weighted by molar-refractivity contribution is 4.71. The standard InChI is InChI=1S/C9H21NO2/c1-4-10-9(5-6-11)8(2)7-12-3/h8-11H,4-7H2,1-3H3. The third-order valence-electron chi connectivity index (χ3n) is 2.02. The molecule has 0 aromatic heterocycles. The lowest BCUT2D eigenvalue weighted by atomic mass is 10.0. The molecule has 0 saturated heterocycles. The van der Waals surface area contributed by atoms with Crippen LogP contribution in [0.2, 0.25) is 0 Å². The van der Waals surface area contributed by atoms with E-state index in [0.717, 1.165) is 19.6 Å². The van der Waals surface area contributed by atoms with Gasteiger partial charge in [0.25, 0.3) is 0 Å². The first-order chi connectivity index (χ1) is 5.76. The zero-order chi connectivity index (χ0) is 9.40. The average Bonchev–Trinajstić information content (AvgIpc) is 2.04. The van der Waals surface area contributed by atoms with Crippen molar-refractivity contribution in [1.29, 1.82) is 0 Å². The van der Waals surface area contributed by atoms with Gasteiger partial charge in [-0.1, -0.05) is 13.8 Å². The van der Waals surface area contributed by atoms with Crippen molar-refractivity contribution in [2.75, 3.05) is 26.9 Å². The molecule has 0 amide bonds. The number of methoxy groups -OCH3 is 1. The van der Waals surface area contributed by atoms with Gasteiger partial charge < -0.3 is 15.2 Å². The van der Waals surface area contributed by atoms with Crippen molar-refractivity contribution in [1.82, 2.24) is 5.32 Å². The van der Waals surface area contributed by atoms with Gasteiger partial charge in [0.05, 0.1) is 6.61 Å². The van der Waals surface area contributed by atoms with Crippen molar-refractivity contribution in [2.45, 2.75) is 26.3 Å². The zero-order valence-corrected chi connectivity index (χ0v) is 8.34. The second-order valence-electron chi connectivity index (χ2n) is 3.11. The fourth-order valence-corrected chi connectivity index (χ4v) is 1.37. The summed E-state index contributed by atoms with van der Waals surface area (Å²) in [5.74, 6) is 0.460. The summed E-state index contributed by atoms with van der Waals surface area (Å²) in [6.45, 7) is 6.14. The Balaban J connectivity index is 3.72. The maximum absolute atomic E-state index is 8.80. The third-order valence-corrected chi connectivity index (χ3v) is 2.02. The van der Waals surface area contributed by atoms with Crippen LogP contribution in [0.1, 0.15) is 20.3 Å². The molecule has 2 N–H and O–H groups in total. The number of aliphatic hydroxyl groups is 1. The number of rotatable bonds is 7. The highest BCUT2D eigenvalue weighted by atomic mass is 16.5. The average molecular weight is 175 g/mol. The molecular weight excluding hydrogens is 154 g/mol. The Morgan fingerprint density at radius 2 is 2.17 bits per heavy atom. The number of nitrogens with one attached hydrogen (secondary N) is 1. The molecule has 0 aromatic rings. The first kappa shape index (κ1) is 11.9. The molecule has 0 saturated carbocycles. The highest BCUT2D eigenvalue weighted by Gasteiger charge is 2.14. The quantitative estimate of drug-likeness (QED) is 0.596. The largest absolute Gasteiger partial charge is 0.396 e. The molecule has 0 aliphatic rings. The molecule has 0 aliphatic carbocycles. The summed E-state index contributed by atoms with van der Waals surface area (Å²) >= 11 is 0. The zero-order valence-electron chi connectivity index (χ0n) is 8.34. The smallest absolute Gasteiger partial charge is 0.0502 e. The Morgan fingerprint density at radius 3 is 2.58 bits per heavy atom. The van der Waals surface area contributed by atoms with E-state index in [4.69, 9.17) is 9.84 Å². The van der Waals surface area contributed by atoms with Crippen molar-refractivity contribution >= 4 is 0 Å². The van der Waals surface area contributed by atoms with E-state index < -0.39 is 0 Å². The highest BCUT2D eigenvalue weighted by Crippen LogP contribution is 2.06. The van der Waals surface area contributed by atoms with E-state index in [-0.39, 0.29) is 6.61 Å². The Bertz CT molecular complexity index is 92.5. The summed E-state index contributed by atoms with van der Waals surface area (Å²) in [4.78, 5) is 0. The van der Waals surface area contributed by atoms with Gasteiger partial charge in [-0.3, -0.25) is 0 Å². The van der Waals surface area contributed by atoms with Gasteiger partial charge in [-0.15, -0.1) is 0 Å². The summed E-state index contributed by atoms with van der Waals surface area (Å²) in [6.07, 6.45) is 0.804. The molecule has 2 atom stereocenters. The second-order valence-corrected chi connectivity index (χ2v) is 3.11. The van der Waals surface area contributed by atoms with Gasteiger partial charge in [0.15, 0.2) is 0 Å². The van der Waals surface area contributed by atoms with Crippen LogP contribution in [0.4, 0.5) is 0 Å². The minimum absolute atomic E-state index is 0.242. The third kappa shape index (κ3) is 4.70. The Morgan fingerprint density at radius 1 is 1.50 bits per heavy atom. The van der Waals surface area contributed by atoms with Crippen molar-refractivity contribution in [2.24, 2.45) is 5.92 Å². The maximum Gasteiger partial charge on any atom is 0.0502 e. The SMILES string of the molecule is CCNC(CCO)C(C)COC. The predicted molar refractivity (Wildman–Crippen MR) is 50.2 cm³/mol. The molecule has 0 radical (unpaired) electrons. The number of aliphatic hydroxyl groups excluding tert-OH is 1. The Kier molecular flexibility index (Phi) is 7.45. The molecule has 0 aromatic carbocycles. The minimum Gasteiger partial charge on any atom is -0.396 e. The van der Waals surface area contributed by atoms with E-state index in [1.807, 2.05) is 0 Å². The van der Waals surface area contributed by atoms with Gasteiger partial charge in [-0.05, 0) is 18.9 Å². The van der Waals surface area contributed by atoms with Crippen LogP contribution in [0.15, 0.2) is 0 Å². The van der Waals surface area contributed by atoms with E-state index >= 15 is 0 Å². The second kappa shape index (κ2) is 7.53. The number of hydrogen-bond acceptors (Lipinski definition) is 3. The van der Waals surface area contributed by atoms with Gasteiger partial charge in [-0.2, -0.15) is 0 Å². The Hall–Kier alpha value is -0.120. The van der Waals surface area contributed by atoms with Gasteiger partial charge in [0, 0.05) is 19.8 Å². The molecule has 3 nitrogen and oxygen atoms in total. The van der Waals surface area contributed by atoms with Gasteiger partial charge in [0.2, 0.25) is 0 Å². The first-order valence-corrected chi connectivity index (χ1v) is 4.59. The molecule has 0 heterocycles. The van der Waals surface area contributed by atoms with Gasteiger partial charge in [-0.25, -0.2) is 0 Å². The van der Waals surface area contributed by atoms with E-state index in [9.17, 15) is 0 Å². The van der Waals surface area contributed by atoms with Crippen molar-refractivity contribution in [3.05, 3.63) is 0 Å². The molecular formula is C9H21NO2. The maximum atomic E-state index is 8.80. The monoisotopic (exact) mass is 175 g/mol. The van der Waals surface area contributed by atoms with Crippen LogP contribution >= 0.6 is 0 Å². The topological polar surface area (TPSA) is 41.5 Å². The lowest BCUT2D eigenvalue weighted by molar-refractivity contribution is 0.129. The molecule has 0 spiro atoms. The minimum atomic E-state index is 0.242. The van der Waals surface area contributed by atoms with E-state index in [1.54, 1.807) is 7.11 Å². The first-order valence-electron chi connectivity index (χ1n) is 4.59. The van der Waals surface area contributed by atoms with Crippen LogP contribution in [-0.4, -0.2) is 38.0 Å². The molecule has 3 heteroatoms. The normalized spacial score (nSPS) is 16.0. The van der Waals surface area contributed by atoms with E-state index in [1.165, 1.54) is 0 Å². The summed E-state index contributed by atoms with van der Waals surface area (Å²) in [5, 5.41) is 12.1. The van der Waals surface area contributed by atoms with Crippen LogP contribution in [0.3, 0.4) is 0 Å². The fourth-order valence-electron chi connectivity index (χ4n) is 1.37. The summed E-state index contributed by atoms with van der Waals surface area (Å²) in [7, 11) is 1.71. The summed E-state index contributed by atoms with van der Waals surface area (Å²) < 4.78 is 5.06. The fraction of sp³-hybridized carbons (Fsp3) is 1.00.